The number of fused-ring (bicyclic) bond motifs is 1. The molecule has 0 saturated carbocycles. The standard InChI is InChI=1S/C17H24N2O3S/c1-4-5-8-23(21,22)18-7-6-14-11-15-10-12(2)9-13(3)16(15)19-17(14)20/h9-11,18H,4-8H2,1-3H3,(H,19,20). The second-order valence-electron chi connectivity index (χ2n) is 5.99. The van der Waals surface area contributed by atoms with E-state index < -0.39 is 10.0 Å². The van der Waals surface area contributed by atoms with Gasteiger partial charge in [0.2, 0.25) is 10.0 Å². The van der Waals surface area contributed by atoms with Crippen LogP contribution in [0.5, 0.6) is 0 Å². The van der Waals surface area contributed by atoms with Gasteiger partial charge in [-0.15, -0.1) is 0 Å². The van der Waals surface area contributed by atoms with E-state index in [1.165, 1.54) is 0 Å². The largest absolute Gasteiger partial charge is 0.321 e. The van der Waals surface area contributed by atoms with Crippen LogP contribution in [0.4, 0.5) is 0 Å². The molecule has 126 valence electrons. The van der Waals surface area contributed by atoms with Gasteiger partial charge in [-0.2, -0.15) is 0 Å². The minimum absolute atomic E-state index is 0.135. The van der Waals surface area contributed by atoms with E-state index in [1.54, 1.807) is 0 Å². The number of aromatic nitrogens is 1. The Morgan fingerprint density at radius 2 is 1.91 bits per heavy atom. The number of rotatable bonds is 7. The van der Waals surface area contributed by atoms with Crippen molar-refractivity contribution in [3.63, 3.8) is 0 Å². The molecule has 0 radical (unpaired) electrons. The van der Waals surface area contributed by atoms with Crippen molar-refractivity contribution in [3.8, 4) is 0 Å². The van der Waals surface area contributed by atoms with E-state index in [1.807, 2.05) is 39.0 Å². The second-order valence-corrected chi connectivity index (χ2v) is 7.91. The number of hydrogen-bond acceptors (Lipinski definition) is 3. The molecule has 6 heteroatoms. The number of unbranched alkanes of at least 4 members (excludes halogenated alkanes) is 1. The Hall–Kier alpha value is -1.66. The minimum atomic E-state index is -3.24. The maximum atomic E-state index is 12.2. The SMILES string of the molecule is CCCCS(=O)(=O)NCCc1cc2cc(C)cc(C)c2[nH]c1=O. The van der Waals surface area contributed by atoms with Crippen LogP contribution in [-0.4, -0.2) is 25.7 Å². The smallest absolute Gasteiger partial charge is 0.251 e. The average Bonchev–Trinajstić information content (AvgIpc) is 2.46. The first kappa shape index (κ1) is 17.7. The van der Waals surface area contributed by atoms with E-state index in [2.05, 4.69) is 9.71 Å². The summed E-state index contributed by atoms with van der Waals surface area (Å²) in [5, 5.41) is 0.978. The molecule has 0 aliphatic heterocycles. The summed E-state index contributed by atoms with van der Waals surface area (Å²) in [6.45, 7) is 6.17. The number of H-pyrrole nitrogens is 1. The van der Waals surface area contributed by atoms with E-state index in [-0.39, 0.29) is 17.9 Å². The van der Waals surface area contributed by atoms with Gasteiger partial charge in [0.1, 0.15) is 0 Å². The molecule has 0 amide bonds. The first-order valence-electron chi connectivity index (χ1n) is 7.93. The maximum absolute atomic E-state index is 12.2. The fraction of sp³-hybridized carbons (Fsp3) is 0.471. The number of benzene rings is 1. The lowest BCUT2D eigenvalue weighted by atomic mass is 10.0. The highest BCUT2D eigenvalue weighted by Crippen LogP contribution is 2.18. The molecule has 1 aromatic heterocycles. The molecule has 1 heterocycles. The van der Waals surface area contributed by atoms with Gasteiger partial charge in [-0.25, -0.2) is 13.1 Å². The van der Waals surface area contributed by atoms with E-state index in [0.29, 0.717) is 18.4 Å². The Bertz CT molecular complexity index is 854. The first-order valence-corrected chi connectivity index (χ1v) is 9.58. The highest BCUT2D eigenvalue weighted by atomic mass is 32.2. The summed E-state index contributed by atoms with van der Waals surface area (Å²) in [7, 11) is -3.24. The summed E-state index contributed by atoms with van der Waals surface area (Å²) in [6.07, 6.45) is 1.86. The first-order chi connectivity index (χ1) is 10.8. The van der Waals surface area contributed by atoms with Gasteiger partial charge >= 0.3 is 0 Å². The number of pyridine rings is 1. The van der Waals surface area contributed by atoms with Gasteiger partial charge < -0.3 is 4.98 Å². The molecule has 0 aliphatic rings. The van der Waals surface area contributed by atoms with Gasteiger partial charge in [0.15, 0.2) is 0 Å². The van der Waals surface area contributed by atoms with Crippen molar-refractivity contribution in [3.05, 3.63) is 45.2 Å². The summed E-state index contributed by atoms with van der Waals surface area (Å²) in [4.78, 5) is 15.1. The Morgan fingerprint density at radius 3 is 2.61 bits per heavy atom. The summed E-state index contributed by atoms with van der Waals surface area (Å²) in [5.74, 6) is 0.135. The Balaban J connectivity index is 2.15. The van der Waals surface area contributed by atoms with Crippen molar-refractivity contribution in [2.75, 3.05) is 12.3 Å². The lowest BCUT2D eigenvalue weighted by molar-refractivity contribution is 0.578. The topological polar surface area (TPSA) is 79.0 Å². The zero-order valence-electron chi connectivity index (χ0n) is 13.9. The van der Waals surface area contributed by atoms with Crippen molar-refractivity contribution in [2.24, 2.45) is 0 Å². The van der Waals surface area contributed by atoms with Gasteiger partial charge in [0.25, 0.3) is 5.56 Å². The van der Waals surface area contributed by atoms with Crippen LogP contribution in [0.15, 0.2) is 23.0 Å². The Morgan fingerprint density at radius 1 is 1.17 bits per heavy atom. The van der Waals surface area contributed by atoms with Crippen molar-refractivity contribution >= 4 is 20.9 Å². The predicted octanol–water partition coefficient (Wildman–Crippen LogP) is 2.41. The zero-order chi connectivity index (χ0) is 17.0. The quantitative estimate of drug-likeness (QED) is 0.815. The highest BCUT2D eigenvalue weighted by molar-refractivity contribution is 7.89. The van der Waals surface area contributed by atoms with E-state index in [9.17, 15) is 13.2 Å². The molecule has 2 rings (SSSR count). The Labute approximate surface area is 137 Å². The molecule has 23 heavy (non-hydrogen) atoms. The third kappa shape index (κ3) is 4.65. The molecule has 0 saturated heterocycles. The lowest BCUT2D eigenvalue weighted by Crippen LogP contribution is -2.29. The molecule has 0 fully saturated rings. The molecular weight excluding hydrogens is 312 g/mol. The number of hydrogen-bond donors (Lipinski definition) is 2. The fourth-order valence-corrected chi connectivity index (χ4v) is 3.89. The highest BCUT2D eigenvalue weighted by Gasteiger charge is 2.10. The third-order valence-electron chi connectivity index (χ3n) is 3.85. The number of aromatic amines is 1. The Kier molecular flexibility index (Phi) is 5.59. The van der Waals surface area contributed by atoms with Crippen LogP contribution in [0, 0.1) is 13.8 Å². The molecule has 0 spiro atoms. The van der Waals surface area contributed by atoms with Gasteiger partial charge in [0.05, 0.1) is 11.3 Å². The summed E-state index contributed by atoms with van der Waals surface area (Å²) in [5.41, 5.74) is 3.45. The fourth-order valence-electron chi connectivity index (χ4n) is 2.67. The van der Waals surface area contributed by atoms with Crippen molar-refractivity contribution in [1.82, 2.24) is 9.71 Å². The molecule has 0 bridgehead atoms. The van der Waals surface area contributed by atoms with Crippen LogP contribution in [0.25, 0.3) is 10.9 Å². The van der Waals surface area contributed by atoms with E-state index in [0.717, 1.165) is 28.5 Å². The van der Waals surface area contributed by atoms with Crippen molar-refractivity contribution < 1.29 is 8.42 Å². The normalized spacial score (nSPS) is 12.0. The molecular formula is C17H24N2O3S. The lowest BCUT2D eigenvalue weighted by Gasteiger charge is -2.08. The number of sulfonamides is 1. The van der Waals surface area contributed by atoms with Crippen LogP contribution in [0.2, 0.25) is 0 Å². The van der Waals surface area contributed by atoms with Crippen LogP contribution < -0.4 is 10.3 Å². The summed E-state index contributed by atoms with van der Waals surface area (Å²) in [6, 6.07) is 5.90. The zero-order valence-corrected chi connectivity index (χ0v) is 14.7. The average molecular weight is 336 g/mol. The van der Waals surface area contributed by atoms with Crippen LogP contribution >= 0.6 is 0 Å². The van der Waals surface area contributed by atoms with Crippen LogP contribution in [-0.2, 0) is 16.4 Å². The molecule has 5 nitrogen and oxygen atoms in total. The number of nitrogens with one attached hydrogen (secondary N) is 2. The predicted molar refractivity (Wildman–Crippen MR) is 94.4 cm³/mol. The summed E-state index contributed by atoms with van der Waals surface area (Å²) < 4.78 is 26.1. The van der Waals surface area contributed by atoms with Crippen LogP contribution in [0.1, 0.15) is 36.5 Å². The molecule has 0 unspecified atom stereocenters. The molecule has 1 aromatic carbocycles. The second kappa shape index (κ2) is 7.27. The molecule has 0 atom stereocenters. The van der Waals surface area contributed by atoms with Gasteiger partial charge in [-0.3, -0.25) is 4.79 Å². The molecule has 2 N–H and O–H groups in total. The maximum Gasteiger partial charge on any atom is 0.251 e. The summed E-state index contributed by atoms with van der Waals surface area (Å²) >= 11 is 0. The monoisotopic (exact) mass is 336 g/mol. The van der Waals surface area contributed by atoms with Gasteiger partial charge in [-0.1, -0.05) is 25.0 Å². The molecule has 2 aromatic rings. The van der Waals surface area contributed by atoms with Gasteiger partial charge in [-0.05, 0) is 49.8 Å². The minimum Gasteiger partial charge on any atom is -0.321 e. The van der Waals surface area contributed by atoms with Crippen LogP contribution in [0.3, 0.4) is 0 Å². The van der Waals surface area contributed by atoms with E-state index in [4.69, 9.17) is 0 Å². The van der Waals surface area contributed by atoms with Crippen molar-refractivity contribution in [2.45, 2.75) is 40.0 Å². The van der Waals surface area contributed by atoms with Gasteiger partial charge in [0, 0.05) is 12.1 Å². The third-order valence-corrected chi connectivity index (χ3v) is 5.32. The van der Waals surface area contributed by atoms with Crippen molar-refractivity contribution in [1.29, 1.82) is 0 Å². The molecule has 0 aliphatic carbocycles. The number of aryl methyl sites for hydroxylation is 2. The van der Waals surface area contributed by atoms with E-state index >= 15 is 0 Å².